The van der Waals surface area contributed by atoms with E-state index in [4.69, 9.17) is 10.8 Å². The van der Waals surface area contributed by atoms with E-state index in [2.05, 4.69) is 5.10 Å². The van der Waals surface area contributed by atoms with Gasteiger partial charge in [-0.3, -0.25) is 0 Å². The molecule has 0 unspecified atom stereocenters. The molecule has 1 aromatic heterocycles. The van der Waals surface area contributed by atoms with Gasteiger partial charge < -0.3 is 10.8 Å². The van der Waals surface area contributed by atoms with E-state index in [1.165, 1.54) is 16.8 Å². The molecule has 0 fully saturated rings. The fraction of sp³-hybridized carbons (Fsp3) is 0.0909. The largest absolute Gasteiger partial charge is 0.478 e. The molecule has 1 aromatic carbocycles. The van der Waals surface area contributed by atoms with Crippen molar-refractivity contribution in [3.8, 4) is 5.69 Å². The maximum absolute atomic E-state index is 10.8. The quantitative estimate of drug-likeness (QED) is 0.797. The van der Waals surface area contributed by atoms with Crippen molar-refractivity contribution in [1.29, 1.82) is 0 Å². The van der Waals surface area contributed by atoms with Gasteiger partial charge in [0.15, 0.2) is 0 Å². The summed E-state index contributed by atoms with van der Waals surface area (Å²) in [6, 6.07) is 8.21. The molecule has 2 aromatic rings. The molecule has 0 aliphatic carbocycles. The average Bonchev–Trinajstić information content (AvgIpc) is 2.58. The number of aromatic carboxylic acids is 1. The van der Waals surface area contributed by atoms with Gasteiger partial charge in [0, 0.05) is 6.07 Å². The molecule has 0 saturated heterocycles. The predicted octanol–water partition coefficient (Wildman–Crippen LogP) is 1.46. The summed E-state index contributed by atoms with van der Waals surface area (Å²) in [6.07, 6.45) is 0. The third-order valence-corrected chi connectivity index (χ3v) is 2.20. The number of nitrogen functional groups attached to an aromatic ring is 1. The zero-order chi connectivity index (χ0) is 11.7. The van der Waals surface area contributed by atoms with Gasteiger partial charge in [-0.25, -0.2) is 9.48 Å². The van der Waals surface area contributed by atoms with E-state index in [9.17, 15) is 4.79 Å². The molecule has 5 heteroatoms. The second-order valence-electron chi connectivity index (χ2n) is 3.48. The SMILES string of the molecule is Cc1cc(N)n(-c2cccc(C(=O)O)c2)n1. The van der Waals surface area contributed by atoms with Crippen LogP contribution in [0.1, 0.15) is 16.1 Å². The monoisotopic (exact) mass is 217 g/mol. The Balaban J connectivity index is 2.52. The molecule has 0 spiro atoms. The van der Waals surface area contributed by atoms with Gasteiger partial charge in [0.2, 0.25) is 0 Å². The van der Waals surface area contributed by atoms with E-state index in [0.29, 0.717) is 11.5 Å². The highest BCUT2D eigenvalue weighted by molar-refractivity contribution is 5.88. The summed E-state index contributed by atoms with van der Waals surface area (Å²) in [5, 5.41) is 13.0. The number of carbonyl (C=O) groups is 1. The lowest BCUT2D eigenvalue weighted by atomic mass is 10.2. The lowest BCUT2D eigenvalue weighted by Gasteiger charge is -2.04. The molecule has 5 nitrogen and oxygen atoms in total. The van der Waals surface area contributed by atoms with Crippen molar-refractivity contribution in [3.05, 3.63) is 41.6 Å². The van der Waals surface area contributed by atoms with Crippen LogP contribution < -0.4 is 5.73 Å². The molecule has 2 rings (SSSR count). The topological polar surface area (TPSA) is 81.1 Å². The summed E-state index contributed by atoms with van der Waals surface area (Å²) in [7, 11) is 0. The number of hydrogen-bond acceptors (Lipinski definition) is 3. The number of nitrogens with zero attached hydrogens (tertiary/aromatic N) is 2. The molecular formula is C11H11N3O2. The van der Waals surface area contributed by atoms with Gasteiger partial charge in [0.05, 0.1) is 16.9 Å². The van der Waals surface area contributed by atoms with Crippen molar-refractivity contribution in [2.45, 2.75) is 6.92 Å². The Bertz CT molecular complexity index is 546. The lowest BCUT2D eigenvalue weighted by molar-refractivity contribution is 0.0697. The molecule has 0 atom stereocenters. The van der Waals surface area contributed by atoms with E-state index >= 15 is 0 Å². The molecule has 3 N–H and O–H groups in total. The van der Waals surface area contributed by atoms with Crippen LogP contribution >= 0.6 is 0 Å². The first-order chi connectivity index (χ1) is 7.58. The Labute approximate surface area is 92.1 Å². The van der Waals surface area contributed by atoms with Crippen molar-refractivity contribution in [1.82, 2.24) is 9.78 Å². The van der Waals surface area contributed by atoms with Crippen LogP contribution in [0.2, 0.25) is 0 Å². The standard InChI is InChI=1S/C11H11N3O2/c1-7-5-10(12)14(13-7)9-4-2-3-8(6-9)11(15)16/h2-6H,12H2,1H3,(H,15,16). The fourth-order valence-electron chi connectivity index (χ4n) is 1.50. The van der Waals surface area contributed by atoms with E-state index in [-0.39, 0.29) is 5.56 Å². The molecule has 82 valence electrons. The van der Waals surface area contributed by atoms with Crippen molar-refractivity contribution in [2.75, 3.05) is 5.73 Å². The van der Waals surface area contributed by atoms with Crippen LogP contribution in [0.4, 0.5) is 5.82 Å². The molecule has 0 bridgehead atoms. The van der Waals surface area contributed by atoms with Gasteiger partial charge in [0.25, 0.3) is 0 Å². The van der Waals surface area contributed by atoms with Gasteiger partial charge in [-0.05, 0) is 25.1 Å². The van der Waals surface area contributed by atoms with Crippen LogP contribution in [0, 0.1) is 6.92 Å². The predicted molar refractivity (Wildman–Crippen MR) is 59.7 cm³/mol. The molecule has 0 radical (unpaired) electrons. The minimum Gasteiger partial charge on any atom is -0.478 e. The van der Waals surface area contributed by atoms with Crippen LogP contribution in [0.3, 0.4) is 0 Å². The van der Waals surface area contributed by atoms with Crippen molar-refractivity contribution >= 4 is 11.8 Å². The van der Waals surface area contributed by atoms with Crippen molar-refractivity contribution in [3.63, 3.8) is 0 Å². The Morgan fingerprint density at radius 2 is 2.19 bits per heavy atom. The summed E-state index contributed by atoms with van der Waals surface area (Å²) in [4.78, 5) is 10.8. The average molecular weight is 217 g/mol. The number of aryl methyl sites for hydroxylation is 1. The number of rotatable bonds is 2. The van der Waals surface area contributed by atoms with Gasteiger partial charge in [-0.15, -0.1) is 0 Å². The summed E-state index contributed by atoms with van der Waals surface area (Å²) in [5.41, 5.74) is 7.40. The molecule has 0 saturated carbocycles. The minimum absolute atomic E-state index is 0.213. The normalized spacial score (nSPS) is 10.3. The minimum atomic E-state index is -0.968. The first kappa shape index (κ1) is 10.2. The van der Waals surface area contributed by atoms with Crippen LogP contribution in [0.25, 0.3) is 5.69 Å². The number of carboxylic acid groups (broad SMARTS) is 1. The number of benzene rings is 1. The van der Waals surface area contributed by atoms with Crippen LogP contribution in [0.5, 0.6) is 0 Å². The number of aromatic nitrogens is 2. The Hall–Kier alpha value is -2.30. The van der Waals surface area contributed by atoms with Gasteiger partial charge in [0.1, 0.15) is 5.82 Å². The molecule has 1 heterocycles. The smallest absolute Gasteiger partial charge is 0.335 e. The van der Waals surface area contributed by atoms with Crippen molar-refractivity contribution in [2.24, 2.45) is 0 Å². The Morgan fingerprint density at radius 1 is 1.44 bits per heavy atom. The van der Waals surface area contributed by atoms with E-state index < -0.39 is 5.97 Å². The maximum atomic E-state index is 10.8. The van der Waals surface area contributed by atoms with Gasteiger partial charge in [-0.2, -0.15) is 5.10 Å². The van der Waals surface area contributed by atoms with E-state index in [1.54, 1.807) is 18.2 Å². The first-order valence-corrected chi connectivity index (χ1v) is 4.74. The Morgan fingerprint density at radius 3 is 2.75 bits per heavy atom. The molecular weight excluding hydrogens is 206 g/mol. The van der Waals surface area contributed by atoms with E-state index in [1.807, 2.05) is 6.92 Å². The third-order valence-electron chi connectivity index (χ3n) is 2.20. The fourth-order valence-corrected chi connectivity index (χ4v) is 1.50. The number of anilines is 1. The number of carboxylic acids is 1. The van der Waals surface area contributed by atoms with Crippen LogP contribution in [-0.4, -0.2) is 20.9 Å². The summed E-state index contributed by atoms with van der Waals surface area (Å²) >= 11 is 0. The summed E-state index contributed by atoms with van der Waals surface area (Å²) < 4.78 is 1.52. The second-order valence-corrected chi connectivity index (χ2v) is 3.48. The molecule has 0 aliphatic rings. The molecule has 16 heavy (non-hydrogen) atoms. The van der Waals surface area contributed by atoms with Gasteiger partial charge in [-0.1, -0.05) is 6.07 Å². The second kappa shape index (κ2) is 3.69. The highest BCUT2D eigenvalue weighted by Gasteiger charge is 2.07. The molecule has 0 amide bonds. The number of hydrogen-bond donors (Lipinski definition) is 2. The maximum Gasteiger partial charge on any atom is 0.335 e. The molecule has 0 aliphatic heterocycles. The zero-order valence-electron chi connectivity index (χ0n) is 8.71. The Kier molecular flexibility index (Phi) is 2.36. The van der Waals surface area contributed by atoms with E-state index in [0.717, 1.165) is 5.69 Å². The number of nitrogens with two attached hydrogens (primary N) is 1. The van der Waals surface area contributed by atoms with Gasteiger partial charge >= 0.3 is 5.97 Å². The lowest BCUT2D eigenvalue weighted by Crippen LogP contribution is -2.04. The summed E-state index contributed by atoms with van der Waals surface area (Å²) in [6.45, 7) is 1.83. The summed E-state index contributed by atoms with van der Waals surface area (Å²) in [5.74, 6) is -0.482. The van der Waals surface area contributed by atoms with Crippen LogP contribution in [-0.2, 0) is 0 Å². The highest BCUT2D eigenvalue weighted by atomic mass is 16.4. The van der Waals surface area contributed by atoms with Crippen LogP contribution in [0.15, 0.2) is 30.3 Å². The van der Waals surface area contributed by atoms with Crippen molar-refractivity contribution < 1.29 is 9.90 Å². The first-order valence-electron chi connectivity index (χ1n) is 4.74. The third kappa shape index (κ3) is 1.75. The zero-order valence-corrected chi connectivity index (χ0v) is 8.71. The highest BCUT2D eigenvalue weighted by Crippen LogP contribution is 2.15.